The number of rotatable bonds is 8. The van der Waals surface area contributed by atoms with E-state index >= 15 is 0 Å². The average Bonchev–Trinajstić information content (AvgIpc) is 3.33. The second kappa shape index (κ2) is 14.1. The molecule has 13 heteroatoms. The maximum Gasteiger partial charge on any atom is 0.323 e. The van der Waals surface area contributed by atoms with Crippen LogP contribution in [-0.4, -0.2) is 84.0 Å². The van der Waals surface area contributed by atoms with E-state index in [0.29, 0.717) is 52.1 Å². The number of methoxy groups -OCH3 is 1. The molecule has 5 amide bonds. The Morgan fingerprint density at radius 1 is 1.14 bits per heavy atom. The topological polar surface area (TPSA) is 158 Å². The number of ether oxygens (including phenoxy) is 2. The van der Waals surface area contributed by atoms with Gasteiger partial charge in [-0.2, -0.15) is 0 Å². The highest BCUT2D eigenvalue weighted by Crippen LogP contribution is 2.30. The number of carbonyl (C=O) groups excluding carboxylic acids is 3. The van der Waals surface area contributed by atoms with Gasteiger partial charge in [0, 0.05) is 36.4 Å². The molecule has 1 aromatic heterocycles. The Morgan fingerprint density at radius 3 is 2.45 bits per heavy atom. The molecule has 0 bridgehead atoms. The van der Waals surface area contributed by atoms with Gasteiger partial charge in [-0.15, -0.1) is 0 Å². The number of hydrogen-bond acceptors (Lipinski definition) is 8. The molecular weight excluding hydrogens is 568 g/mol. The third kappa shape index (κ3) is 7.78. The zero-order valence-corrected chi connectivity index (χ0v) is 25.8. The minimum Gasteiger partial charge on any atom is -0.497 e. The van der Waals surface area contributed by atoms with Crippen LogP contribution in [0.15, 0.2) is 47.0 Å². The highest BCUT2D eigenvalue weighted by atomic mass is 16.5. The van der Waals surface area contributed by atoms with Crippen LogP contribution in [0, 0.1) is 19.8 Å². The molecule has 1 aliphatic heterocycles. The predicted molar refractivity (Wildman–Crippen MR) is 165 cm³/mol. The first-order valence-electron chi connectivity index (χ1n) is 14.4. The number of anilines is 3. The molecule has 1 aliphatic rings. The van der Waals surface area contributed by atoms with Gasteiger partial charge in [-0.25, -0.2) is 9.59 Å². The molecule has 13 nitrogen and oxygen atoms in total. The van der Waals surface area contributed by atoms with Crippen molar-refractivity contribution in [2.24, 2.45) is 5.92 Å². The third-order valence-electron chi connectivity index (χ3n) is 7.59. The summed E-state index contributed by atoms with van der Waals surface area (Å²) in [6, 6.07) is 10.8. The van der Waals surface area contributed by atoms with Crippen LogP contribution in [-0.2, 0) is 11.2 Å². The lowest BCUT2D eigenvalue weighted by atomic mass is 10.0. The molecule has 2 heterocycles. The summed E-state index contributed by atoms with van der Waals surface area (Å²) in [6.07, 6.45) is -0.512. The van der Waals surface area contributed by atoms with E-state index in [4.69, 9.17) is 14.0 Å². The van der Waals surface area contributed by atoms with Crippen LogP contribution in [0.2, 0.25) is 0 Å². The van der Waals surface area contributed by atoms with E-state index in [2.05, 4.69) is 21.1 Å². The Hall–Kier alpha value is -4.78. The number of nitrogens with zero attached hydrogens (tertiary/aromatic N) is 3. The number of aliphatic hydroxyl groups is 1. The summed E-state index contributed by atoms with van der Waals surface area (Å²) in [4.78, 5) is 42.4. The summed E-state index contributed by atoms with van der Waals surface area (Å²) in [5, 5.41) is 22.2. The van der Waals surface area contributed by atoms with Crippen molar-refractivity contribution < 1.29 is 33.5 Å². The SMILES string of the molecule is COc1ccc(NC(=O)Nc2ccc3c(c2)CC(=O)N([C@H](C)CO)C[C@@H](C)[C@@H](CN(C)C(=O)Nc2c(C)noc2C)O3)cc1. The monoisotopic (exact) mass is 608 g/mol. The van der Waals surface area contributed by atoms with Gasteiger partial charge in [0.1, 0.15) is 29.0 Å². The third-order valence-corrected chi connectivity index (χ3v) is 7.59. The second-order valence-corrected chi connectivity index (χ2v) is 11.0. The molecule has 4 N–H and O–H groups in total. The zero-order valence-electron chi connectivity index (χ0n) is 25.8. The number of hydrogen-bond donors (Lipinski definition) is 4. The average molecular weight is 609 g/mol. The van der Waals surface area contributed by atoms with Crippen molar-refractivity contribution in [2.45, 2.75) is 46.3 Å². The first-order valence-corrected chi connectivity index (χ1v) is 14.4. The Balaban J connectivity index is 1.55. The number of aliphatic hydroxyl groups excluding tert-OH is 1. The quantitative estimate of drug-likeness (QED) is 0.295. The second-order valence-electron chi connectivity index (χ2n) is 11.0. The van der Waals surface area contributed by atoms with Gasteiger partial charge >= 0.3 is 12.1 Å². The molecule has 3 aromatic rings. The molecule has 4 rings (SSSR count). The molecule has 236 valence electrons. The van der Waals surface area contributed by atoms with Gasteiger partial charge in [0.15, 0.2) is 5.76 Å². The van der Waals surface area contributed by atoms with Crippen molar-refractivity contribution in [3.63, 3.8) is 0 Å². The molecule has 0 radical (unpaired) electrons. The van der Waals surface area contributed by atoms with E-state index in [1.165, 1.54) is 4.90 Å². The van der Waals surface area contributed by atoms with Gasteiger partial charge in [0.05, 0.1) is 32.7 Å². The fourth-order valence-corrected chi connectivity index (χ4v) is 4.91. The van der Waals surface area contributed by atoms with Crippen LogP contribution < -0.4 is 25.4 Å². The number of aromatic nitrogens is 1. The summed E-state index contributed by atoms with van der Waals surface area (Å²) in [5.74, 6) is 1.24. The first-order chi connectivity index (χ1) is 21.0. The minimum absolute atomic E-state index is 0.00288. The van der Waals surface area contributed by atoms with Crippen LogP contribution in [0.4, 0.5) is 26.7 Å². The van der Waals surface area contributed by atoms with Crippen LogP contribution in [0.25, 0.3) is 0 Å². The van der Waals surface area contributed by atoms with E-state index in [1.807, 2.05) is 6.92 Å². The Bertz CT molecular complexity index is 1460. The predicted octanol–water partition coefficient (Wildman–Crippen LogP) is 4.26. The van der Waals surface area contributed by atoms with Gasteiger partial charge in [0.25, 0.3) is 0 Å². The van der Waals surface area contributed by atoms with E-state index < -0.39 is 18.2 Å². The number of fused-ring (bicyclic) bond motifs is 1. The van der Waals surface area contributed by atoms with Crippen LogP contribution in [0.3, 0.4) is 0 Å². The lowest BCUT2D eigenvalue weighted by Gasteiger charge is -2.34. The number of aryl methyl sites for hydroxylation is 2. The van der Waals surface area contributed by atoms with Crippen molar-refractivity contribution in [2.75, 3.05) is 49.8 Å². The van der Waals surface area contributed by atoms with E-state index in [0.717, 1.165) is 0 Å². The number of benzene rings is 2. The highest BCUT2D eigenvalue weighted by Gasteiger charge is 2.32. The van der Waals surface area contributed by atoms with Gasteiger partial charge in [-0.3, -0.25) is 4.79 Å². The molecule has 0 fully saturated rings. The lowest BCUT2D eigenvalue weighted by Crippen LogP contribution is -2.48. The largest absolute Gasteiger partial charge is 0.497 e. The van der Waals surface area contributed by atoms with Gasteiger partial charge in [-0.1, -0.05) is 12.1 Å². The van der Waals surface area contributed by atoms with E-state index in [9.17, 15) is 19.5 Å². The summed E-state index contributed by atoms with van der Waals surface area (Å²) in [5.41, 5.74) is 2.69. The number of nitrogens with one attached hydrogen (secondary N) is 3. The Labute approximate surface area is 256 Å². The lowest BCUT2D eigenvalue weighted by molar-refractivity contribution is -0.134. The normalized spacial score (nSPS) is 17.2. The maximum absolute atomic E-state index is 13.5. The van der Waals surface area contributed by atoms with Gasteiger partial charge in [0.2, 0.25) is 5.91 Å². The fourth-order valence-electron chi connectivity index (χ4n) is 4.91. The van der Waals surface area contributed by atoms with Crippen LogP contribution in [0.5, 0.6) is 11.5 Å². The fraction of sp³-hybridized carbons (Fsp3) is 0.419. The molecule has 0 unspecified atom stereocenters. The van der Waals surface area contributed by atoms with Crippen LogP contribution >= 0.6 is 0 Å². The van der Waals surface area contributed by atoms with E-state index in [-0.39, 0.29) is 37.4 Å². The van der Waals surface area contributed by atoms with Crippen molar-refractivity contribution in [3.05, 3.63) is 59.5 Å². The molecule has 3 atom stereocenters. The Morgan fingerprint density at radius 2 is 1.82 bits per heavy atom. The zero-order chi connectivity index (χ0) is 32.0. The van der Waals surface area contributed by atoms with Gasteiger partial charge in [-0.05, 0) is 63.2 Å². The molecule has 0 saturated carbocycles. The van der Waals surface area contributed by atoms with Gasteiger partial charge < -0.3 is 44.9 Å². The maximum atomic E-state index is 13.5. The van der Waals surface area contributed by atoms with Crippen molar-refractivity contribution in [1.29, 1.82) is 0 Å². The van der Waals surface area contributed by atoms with Crippen LogP contribution in [0.1, 0.15) is 30.9 Å². The molecule has 44 heavy (non-hydrogen) atoms. The minimum atomic E-state index is -0.509. The molecular formula is C31H40N6O7. The molecule has 0 saturated heterocycles. The summed E-state index contributed by atoms with van der Waals surface area (Å²) in [6.45, 7) is 7.50. The molecule has 0 spiro atoms. The molecule has 2 aromatic carbocycles. The van der Waals surface area contributed by atoms with Crippen molar-refractivity contribution in [1.82, 2.24) is 15.0 Å². The number of carbonyl (C=O) groups is 3. The number of amides is 5. The Kier molecular flexibility index (Phi) is 10.3. The van der Waals surface area contributed by atoms with E-state index in [1.54, 1.807) is 82.3 Å². The summed E-state index contributed by atoms with van der Waals surface area (Å²) < 4.78 is 16.8. The molecule has 0 aliphatic carbocycles. The summed E-state index contributed by atoms with van der Waals surface area (Å²) in [7, 11) is 3.22. The standard InChI is InChI=1S/C31H40N6O7/c1-18-15-37(19(2)17-38)28(39)14-22-13-24(33-30(40)32-23-7-10-25(42-6)11-8-23)9-12-26(22)43-27(18)16-36(5)31(41)34-29-20(3)35-44-21(29)4/h7-13,18-19,27,38H,14-17H2,1-6H3,(H,34,41)(H2,32,33,40)/t18-,19-,27-/m1/s1. The van der Waals surface area contributed by atoms with Crippen molar-refractivity contribution >= 4 is 35.0 Å². The number of urea groups is 2. The smallest absolute Gasteiger partial charge is 0.323 e. The number of likely N-dealkylation sites (N-methyl/N-ethyl adjacent to an activating group) is 1. The highest BCUT2D eigenvalue weighted by molar-refractivity contribution is 6.00. The summed E-state index contributed by atoms with van der Waals surface area (Å²) >= 11 is 0. The first kappa shape index (κ1) is 32.1. The van der Waals surface area contributed by atoms with Crippen molar-refractivity contribution in [3.8, 4) is 11.5 Å².